The van der Waals surface area contributed by atoms with Crippen LogP contribution in [0.1, 0.15) is 28.8 Å². The first-order valence-corrected chi connectivity index (χ1v) is 8.63. The lowest BCUT2D eigenvalue weighted by Gasteiger charge is -2.16. The van der Waals surface area contributed by atoms with Crippen LogP contribution in [-0.4, -0.2) is 35.8 Å². The van der Waals surface area contributed by atoms with Gasteiger partial charge in [-0.15, -0.1) is 0 Å². The van der Waals surface area contributed by atoms with Crippen molar-refractivity contribution in [3.63, 3.8) is 0 Å². The molecule has 1 fully saturated rings. The van der Waals surface area contributed by atoms with Gasteiger partial charge in [0.05, 0.1) is 6.04 Å². The van der Waals surface area contributed by atoms with Gasteiger partial charge in [-0.2, -0.15) is 0 Å². The molecule has 2 aromatic rings. The van der Waals surface area contributed by atoms with Gasteiger partial charge in [0, 0.05) is 24.3 Å². The van der Waals surface area contributed by atoms with Gasteiger partial charge in [-0.05, 0) is 49.1 Å². The van der Waals surface area contributed by atoms with Crippen LogP contribution in [0, 0.1) is 0 Å². The van der Waals surface area contributed by atoms with E-state index in [2.05, 4.69) is 5.32 Å². The van der Waals surface area contributed by atoms with E-state index >= 15 is 0 Å². The summed E-state index contributed by atoms with van der Waals surface area (Å²) in [4.78, 5) is 26.4. The van der Waals surface area contributed by atoms with Gasteiger partial charge in [0.25, 0.3) is 5.91 Å². The molecule has 1 aliphatic rings. The van der Waals surface area contributed by atoms with E-state index in [9.17, 15) is 9.59 Å². The van der Waals surface area contributed by atoms with Crippen molar-refractivity contribution in [1.29, 1.82) is 0 Å². The molecule has 130 valence electrons. The number of hydrogen-bond donors (Lipinski definition) is 2. The molecule has 5 heteroatoms. The number of amides is 2. The highest BCUT2D eigenvalue weighted by atomic mass is 16.2. The van der Waals surface area contributed by atoms with Crippen molar-refractivity contribution in [3.8, 4) is 0 Å². The van der Waals surface area contributed by atoms with Crippen LogP contribution in [0.3, 0.4) is 0 Å². The Bertz CT molecular complexity index is 722. The van der Waals surface area contributed by atoms with E-state index < -0.39 is 6.04 Å². The van der Waals surface area contributed by atoms with Crippen LogP contribution in [0.5, 0.6) is 0 Å². The predicted octanol–water partition coefficient (Wildman–Crippen LogP) is 2.43. The highest BCUT2D eigenvalue weighted by Crippen LogP contribution is 2.15. The number of likely N-dealkylation sites (tertiary alicyclic amines) is 1. The number of nitrogens with one attached hydrogen (secondary N) is 1. The van der Waals surface area contributed by atoms with Gasteiger partial charge < -0.3 is 16.0 Å². The van der Waals surface area contributed by atoms with Crippen LogP contribution >= 0.6 is 0 Å². The molecular formula is C20H23N3O2. The molecule has 0 aliphatic carbocycles. The maximum Gasteiger partial charge on any atom is 0.253 e. The lowest BCUT2D eigenvalue weighted by molar-refractivity contribution is -0.117. The Balaban J connectivity index is 1.57. The summed E-state index contributed by atoms with van der Waals surface area (Å²) < 4.78 is 0. The van der Waals surface area contributed by atoms with Crippen molar-refractivity contribution < 1.29 is 9.59 Å². The second-order valence-corrected chi connectivity index (χ2v) is 6.36. The first-order chi connectivity index (χ1) is 12.1. The van der Waals surface area contributed by atoms with Crippen LogP contribution in [0.15, 0.2) is 54.6 Å². The normalized spacial score (nSPS) is 15.0. The van der Waals surface area contributed by atoms with Gasteiger partial charge in [-0.3, -0.25) is 9.59 Å². The SMILES string of the molecule is N[C@@H](Cc1ccccc1)C(=O)Nc1ccc(C(=O)N2CCCC2)cc1. The van der Waals surface area contributed by atoms with Crippen LogP contribution in [-0.2, 0) is 11.2 Å². The lowest BCUT2D eigenvalue weighted by atomic mass is 10.1. The summed E-state index contributed by atoms with van der Waals surface area (Å²) in [7, 11) is 0. The molecule has 3 N–H and O–H groups in total. The highest BCUT2D eigenvalue weighted by molar-refractivity contribution is 5.97. The third-order valence-corrected chi connectivity index (χ3v) is 4.43. The molecule has 0 bridgehead atoms. The van der Waals surface area contributed by atoms with Crippen molar-refractivity contribution in [2.75, 3.05) is 18.4 Å². The molecule has 2 aromatic carbocycles. The van der Waals surface area contributed by atoms with Crippen LogP contribution in [0.25, 0.3) is 0 Å². The van der Waals surface area contributed by atoms with Gasteiger partial charge in [0.1, 0.15) is 0 Å². The standard InChI is InChI=1S/C20H23N3O2/c21-18(14-15-6-2-1-3-7-15)19(24)22-17-10-8-16(9-11-17)20(25)23-12-4-5-13-23/h1-3,6-11,18H,4-5,12-14,21H2,(H,22,24)/t18-/m0/s1. The number of hydrogen-bond acceptors (Lipinski definition) is 3. The zero-order valence-electron chi connectivity index (χ0n) is 14.2. The second-order valence-electron chi connectivity index (χ2n) is 6.36. The summed E-state index contributed by atoms with van der Waals surface area (Å²) >= 11 is 0. The summed E-state index contributed by atoms with van der Waals surface area (Å²) in [5.41, 5.74) is 8.30. The number of benzene rings is 2. The Labute approximate surface area is 147 Å². The van der Waals surface area contributed by atoms with E-state index in [0.717, 1.165) is 31.5 Å². The fourth-order valence-corrected chi connectivity index (χ4v) is 2.99. The summed E-state index contributed by atoms with van der Waals surface area (Å²) in [5, 5.41) is 2.81. The molecule has 1 atom stereocenters. The summed E-state index contributed by atoms with van der Waals surface area (Å²) in [6.45, 7) is 1.65. The summed E-state index contributed by atoms with van der Waals surface area (Å²) in [6, 6.07) is 16.1. The van der Waals surface area contributed by atoms with Gasteiger partial charge in [-0.1, -0.05) is 30.3 Å². The smallest absolute Gasteiger partial charge is 0.253 e. The third kappa shape index (κ3) is 4.45. The first kappa shape index (κ1) is 17.2. The van der Waals surface area contributed by atoms with Crippen LogP contribution < -0.4 is 11.1 Å². The minimum atomic E-state index is -0.617. The topological polar surface area (TPSA) is 75.4 Å². The fraction of sp³-hybridized carbons (Fsp3) is 0.300. The molecule has 0 aromatic heterocycles. The molecule has 1 saturated heterocycles. The average Bonchev–Trinajstić information content (AvgIpc) is 3.17. The average molecular weight is 337 g/mol. The number of carbonyl (C=O) groups is 2. The maximum atomic E-state index is 12.3. The van der Waals surface area contributed by atoms with Gasteiger partial charge in [-0.25, -0.2) is 0 Å². The zero-order chi connectivity index (χ0) is 17.6. The highest BCUT2D eigenvalue weighted by Gasteiger charge is 2.19. The van der Waals surface area contributed by atoms with Crippen LogP contribution in [0.4, 0.5) is 5.69 Å². The molecule has 25 heavy (non-hydrogen) atoms. The summed E-state index contributed by atoms with van der Waals surface area (Å²) in [6.07, 6.45) is 2.62. The van der Waals surface area contributed by atoms with Crippen molar-refractivity contribution in [2.45, 2.75) is 25.3 Å². The monoisotopic (exact) mass is 337 g/mol. The molecule has 3 rings (SSSR count). The Morgan fingerprint density at radius 3 is 2.28 bits per heavy atom. The van der Waals surface area contributed by atoms with Crippen molar-refractivity contribution in [2.24, 2.45) is 5.73 Å². The molecule has 1 heterocycles. The molecule has 0 unspecified atom stereocenters. The second kappa shape index (κ2) is 7.94. The predicted molar refractivity (Wildman–Crippen MR) is 98.3 cm³/mol. The zero-order valence-corrected chi connectivity index (χ0v) is 14.2. The van der Waals surface area contributed by atoms with Gasteiger partial charge in [0.15, 0.2) is 0 Å². The van der Waals surface area contributed by atoms with Crippen molar-refractivity contribution in [1.82, 2.24) is 4.90 Å². The molecule has 5 nitrogen and oxygen atoms in total. The minimum absolute atomic E-state index is 0.0520. The van der Waals surface area contributed by atoms with Gasteiger partial charge >= 0.3 is 0 Å². The Morgan fingerprint density at radius 2 is 1.64 bits per heavy atom. The molecule has 0 radical (unpaired) electrons. The third-order valence-electron chi connectivity index (χ3n) is 4.43. The lowest BCUT2D eigenvalue weighted by Crippen LogP contribution is -2.37. The largest absolute Gasteiger partial charge is 0.339 e. The van der Waals surface area contributed by atoms with E-state index in [0.29, 0.717) is 17.7 Å². The number of carbonyl (C=O) groups excluding carboxylic acids is 2. The maximum absolute atomic E-state index is 12.3. The Morgan fingerprint density at radius 1 is 1.00 bits per heavy atom. The molecule has 0 spiro atoms. The van der Waals surface area contributed by atoms with E-state index in [-0.39, 0.29) is 11.8 Å². The van der Waals surface area contributed by atoms with E-state index in [1.54, 1.807) is 24.3 Å². The quantitative estimate of drug-likeness (QED) is 0.880. The van der Waals surface area contributed by atoms with Crippen molar-refractivity contribution >= 4 is 17.5 Å². The van der Waals surface area contributed by atoms with Crippen molar-refractivity contribution in [3.05, 3.63) is 65.7 Å². The van der Waals surface area contributed by atoms with E-state index in [1.807, 2.05) is 35.2 Å². The Kier molecular flexibility index (Phi) is 5.46. The first-order valence-electron chi connectivity index (χ1n) is 8.63. The van der Waals surface area contributed by atoms with Crippen LogP contribution in [0.2, 0.25) is 0 Å². The minimum Gasteiger partial charge on any atom is -0.339 e. The number of anilines is 1. The fourth-order valence-electron chi connectivity index (χ4n) is 2.99. The van der Waals surface area contributed by atoms with Gasteiger partial charge in [0.2, 0.25) is 5.91 Å². The number of nitrogens with zero attached hydrogens (tertiary/aromatic N) is 1. The van der Waals surface area contributed by atoms with E-state index in [4.69, 9.17) is 5.73 Å². The summed E-state index contributed by atoms with van der Waals surface area (Å²) in [5.74, 6) is -0.182. The molecular weight excluding hydrogens is 314 g/mol. The molecule has 2 amide bonds. The Hall–Kier alpha value is -2.66. The number of nitrogens with two attached hydrogens (primary N) is 1. The van der Waals surface area contributed by atoms with E-state index in [1.165, 1.54) is 0 Å². The number of rotatable bonds is 5. The molecule has 0 saturated carbocycles. The molecule has 1 aliphatic heterocycles.